The van der Waals surface area contributed by atoms with E-state index in [9.17, 15) is 29.1 Å². The van der Waals surface area contributed by atoms with Gasteiger partial charge in [0.25, 0.3) is 5.91 Å². The Balaban J connectivity index is 1.59. The van der Waals surface area contributed by atoms with Gasteiger partial charge in [-0.15, -0.1) is 0 Å². The highest BCUT2D eigenvalue weighted by molar-refractivity contribution is 5.99. The molecule has 2 bridgehead atoms. The molecule has 0 saturated heterocycles. The van der Waals surface area contributed by atoms with Crippen LogP contribution in [-0.2, 0) is 38.6 Å². The third kappa shape index (κ3) is 11.5. The third-order valence-electron chi connectivity index (χ3n) is 8.38. The monoisotopic (exact) mass is 669 g/mol. The first-order valence-electron chi connectivity index (χ1n) is 16.9. The Hall–Kier alpha value is -5.19. The van der Waals surface area contributed by atoms with Crippen LogP contribution in [0.5, 0.6) is 5.75 Å². The number of hydrogen-bond donors (Lipinski definition) is 5. The number of phenols is 1. The maximum atomic E-state index is 13.7. The maximum absolute atomic E-state index is 13.7. The molecule has 11 heteroatoms. The summed E-state index contributed by atoms with van der Waals surface area (Å²) >= 11 is 0. The molecule has 3 atom stereocenters. The number of hydrogen-bond acceptors (Lipinski definition) is 6. The maximum Gasteiger partial charge on any atom is 0.251 e. The van der Waals surface area contributed by atoms with E-state index in [1.165, 1.54) is 0 Å². The number of carbonyl (C=O) groups is 5. The molecule has 0 fully saturated rings. The van der Waals surface area contributed by atoms with Crippen molar-refractivity contribution in [3.8, 4) is 5.75 Å². The number of fused-ring (bicyclic) bond motifs is 18. The molecule has 49 heavy (non-hydrogen) atoms. The summed E-state index contributed by atoms with van der Waals surface area (Å²) in [6, 6.07) is 19.9. The SMILES string of the molecule is CC(C)C[C@@H]1NC(=O)[C@@H](Cc2ccccc2)NC(=O)c2ccc(cc2)CN(C(=O)Cc2ccc(O)cc2)CCCCNC(=O)[C@@H](C)NC1=O. The average Bonchev–Trinajstić information content (AvgIpc) is 3.07. The van der Waals surface area contributed by atoms with Crippen molar-refractivity contribution in [3.63, 3.8) is 0 Å². The molecule has 2 aliphatic rings. The zero-order chi connectivity index (χ0) is 35.3. The van der Waals surface area contributed by atoms with Gasteiger partial charge in [-0.3, -0.25) is 24.0 Å². The van der Waals surface area contributed by atoms with Gasteiger partial charge in [0.1, 0.15) is 23.9 Å². The van der Waals surface area contributed by atoms with Crippen molar-refractivity contribution in [2.24, 2.45) is 5.92 Å². The number of aromatic hydroxyl groups is 1. The van der Waals surface area contributed by atoms with E-state index in [-0.39, 0.29) is 36.3 Å². The van der Waals surface area contributed by atoms with E-state index in [1.807, 2.05) is 44.2 Å². The summed E-state index contributed by atoms with van der Waals surface area (Å²) < 4.78 is 0. The average molecular weight is 670 g/mol. The molecule has 2 aliphatic heterocycles. The Kier molecular flexibility index (Phi) is 13.3. The van der Waals surface area contributed by atoms with Gasteiger partial charge in [0.2, 0.25) is 23.6 Å². The second-order valence-corrected chi connectivity index (χ2v) is 13.0. The molecule has 0 radical (unpaired) electrons. The Morgan fingerprint density at radius 2 is 1.47 bits per heavy atom. The van der Waals surface area contributed by atoms with Crippen molar-refractivity contribution < 1.29 is 29.1 Å². The van der Waals surface area contributed by atoms with Crippen LogP contribution < -0.4 is 21.3 Å². The van der Waals surface area contributed by atoms with Crippen LogP contribution in [0.1, 0.15) is 67.1 Å². The van der Waals surface area contributed by atoms with Crippen LogP contribution in [-0.4, -0.2) is 70.8 Å². The van der Waals surface area contributed by atoms with Crippen molar-refractivity contribution in [3.05, 3.63) is 101 Å². The largest absolute Gasteiger partial charge is 0.508 e. The Bertz CT molecular complexity index is 1580. The molecule has 3 aromatic carbocycles. The molecule has 260 valence electrons. The van der Waals surface area contributed by atoms with Crippen LogP contribution in [0.15, 0.2) is 78.9 Å². The summed E-state index contributed by atoms with van der Waals surface area (Å²) in [6.45, 7) is 6.56. The number of benzene rings is 3. The summed E-state index contributed by atoms with van der Waals surface area (Å²) in [6.07, 6.45) is 1.90. The summed E-state index contributed by atoms with van der Waals surface area (Å²) in [5, 5.41) is 20.9. The van der Waals surface area contributed by atoms with Gasteiger partial charge in [-0.1, -0.05) is 68.4 Å². The van der Waals surface area contributed by atoms with Gasteiger partial charge in [-0.2, -0.15) is 0 Å². The lowest BCUT2D eigenvalue weighted by Gasteiger charge is -2.25. The summed E-state index contributed by atoms with van der Waals surface area (Å²) in [5.41, 5.74) is 2.77. The molecule has 0 saturated carbocycles. The molecule has 2 heterocycles. The van der Waals surface area contributed by atoms with Gasteiger partial charge < -0.3 is 31.3 Å². The van der Waals surface area contributed by atoms with Crippen LogP contribution in [0.4, 0.5) is 0 Å². The van der Waals surface area contributed by atoms with Gasteiger partial charge >= 0.3 is 0 Å². The van der Waals surface area contributed by atoms with Gasteiger partial charge in [0, 0.05) is 31.6 Å². The normalized spacial score (nSPS) is 20.1. The van der Waals surface area contributed by atoms with Crippen LogP contribution >= 0.6 is 0 Å². The fourth-order valence-corrected chi connectivity index (χ4v) is 5.62. The Morgan fingerprint density at radius 1 is 0.796 bits per heavy atom. The molecular weight excluding hydrogens is 622 g/mol. The number of nitrogens with one attached hydrogen (secondary N) is 4. The first-order valence-corrected chi connectivity index (χ1v) is 16.9. The fraction of sp³-hybridized carbons (Fsp3) is 0.395. The van der Waals surface area contributed by atoms with E-state index >= 15 is 0 Å². The molecule has 0 aliphatic carbocycles. The van der Waals surface area contributed by atoms with E-state index in [4.69, 9.17) is 0 Å². The first kappa shape index (κ1) is 36.6. The third-order valence-corrected chi connectivity index (χ3v) is 8.38. The highest BCUT2D eigenvalue weighted by Crippen LogP contribution is 2.15. The van der Waals surface area contributed by atoms with Gasteiger partial charge in [-0.25, -0.2) is 0 Å². The standard InChI is InChI=1S/C38H47N5O6/c1-25(2)21-32-37(48)40-26(3)35(46)39-19-7-8-20-43(34(45)23-28-13-17-31(44)18-14-28)24-29-11-15-30(16-12-29)36(47)41-33(38(49)42-32)22-27-9-5-4-6-10-27/h4-6,9-18,25-26,32-33,44H,7-8,19-24H2,1-3H3,(H,39,46)(H,40,48)(H,41,47)(H,42,49)/t26-,32+,33-/m1/s1. The molecule has 5 rings (SSSR count). The van der Waals surface area contributed by atoms with Crippen LogP contribution in [0.2, 0.25) is 0 Å². The number of carbonyl (C=O) groups excluding carboxylic acids is 5. The molecule has 3 aromatic rings. The van der Waals surface area contributed by atoms with E-state index in [0.29, 0.717) is 44.5 Å². The van der Waals surface area contributed by atoms with Crippen LogP contribution in [0, 0.1) is 5.92 Å². The minimum atomic E-state index is -0.986. The van der Waals surface area contributed by atoms with Gasteiger partial charge in [0.15, 0.2) is 0 Å². The molecule has 5 amide bonds. The smallest absolute Gasteiger partial charge is 0.251 e. The van der Waals surface area contributed by atoms with E-state index in [1.54, 1.807) is 60.4 Å². The quantitative estimate of drug-likeness (QED) is 0.254. The zero-order valence-electron chi connectivity index (χ0n) is 28.4. The lowest BCUT2D eigenvalue weighted by Crippen LogP contribution is -2.57. The van der Waals surface area contributed by atoms with Gasteiger partial charge in [-0.05, 0) is 73.1 Å². The predicted octanol–water partition coefficient (Wildman–Crippen LogP) is 3.25. The summed E-state index contributed by atoms with van der Waals surface area (Å²) in [7, 11) is 0. The van der Waals surface area contributed by atoms with E-state index in [0.717, 1.165) is 16.7 Å². The number of rotatable bonds is 6. The van der Waals surface area contributed by atoms with Crippen molar-refractivity contribution in [1.29, 1.82) is 0 Å². The predicted molar refractivity (Wildman–Crippen MR) is 186 cm³/mol. The fourth-order valence-electron chi connectivity index (χ4n) is 5.62. The van der Waals surface area contributed by atoms with Crippen LogP contribution in [0.25, 0.3) is 0 Å². The lowest BCUT2D eigenvalue weighted by molar-refractivity contribution is -0.132. The number of amides is 5. The Labute approximate surface area is 287 Å². The van der Waals surface area contributed by atoms with Crippen molar-refractivity contribution in [2.75, 3.05) is 13.1 Å². The van der Waals surface area contributed by atoms with Crippen molar-refractivity contribution in [1.82, 2.24) is 26.2 Å². The second-order valence-electron chi connectivity index (χ2n) is 13.0. The first-order chi connectivity index (χ1) is 23.5. The topological polar surface area (TPSA) is 157 Å². The molecule has 11 nitrogen and oxygen atoms in total. The van der Waals surface area contributed by atoms with E-state index in [2.05, 4.69) is 21.3 Å². The highest BCUT2D eigenvalue weighted by Gasteiger charge is 2.29. The zero-order valence-corrected chi connectivity index (χ0v) is 28.4. The molecule has 0 aromatic heterocycles. The molecule has 0 unspecified atom stereocenters. The molecular formula is C38H47N5O6. The number of nitrogens with zero attached hydrogens (tertiary/aromatic N) is 1. The molecule has 0 spiro atoms. The minimum Gasteiger partial charge on any atom is -0.508 e. The van der Waals surface area contributed by atoms with E-state index < -0.39 is 35.8 Å². The van der Waals surface area contributed by atoms with Crippen molar-refractivity contribution in [2.45, 2.75) is 77.5 Å². The van der Waals surface area contributed by atoms with Gasteiger partial charge in [0.05, 0.1) is 6.42 Å². The molecule has 5 N–H and O–H groups in total. The number of phenolic OH excluding ortho intramolecular Hbond substituents is 1. The highest BCUT2D eigenvalue weighted by atomic mass is 16.3. The Morgan fingerprint density at radius 3 is 2.14 bits per heavy atom. The van der Waals surface area contributed by atoms with Crippen LogP contribution in [0.3, 0.4) is 0 Å². The summed E-state index contributed by atoms with van der Waals surface area (Å²) in [5.74, 6) is -1.73. The second kappa shape index (κ2) is 17.8. The summed E-state index contributed by atoms with van der Waals surface area (Å²) in [4.78, 5) is 68.6. The minimum absolute atomic E-state index is 0.0582. The van der Waals surface area contributed by atoms with Crippen molar-refractivity contribution >= 4 is 29.5 Å². The lowest BCUT2D eigenvalue weighted by atomic mass is 10.0.